The quantitative estimate of drug-likeness (QED) is 0.545. The minimum Gasteiger partial charge on any atom is -0.861 e. The summed E-state index contributed by atoms with van der Waals surface area (Å²) >= 11 is 0. The summed E-state index contributed by atoms with van der Waals surface area (Å²) in [6, 6.07) is -0.849. The van der Waals surface area contributed by atoms with Crippen molar-refractivity contribution in [3.8, 4) is 0 Å². The van der Waals surface area contributed by atoms with Crippen LogP contribution in [0.5, 0.6) is 0 Å². The Hall–Kier alpha value is -0.390. The van der Waals surface area contributed by atoms with Crippen molar-refractivity contribution in [3.05, 3.63) is 0 Å². The first-order valence-electron chi connectivity index (χ1n) is 5.04. The molecule has 0 aromatic carbocycles. The molecule has 0 aromatic rings. The van der Waals surface area contributed by atoms with Crippen LogP contribution in [0.4, 0.5) is 4.79 Å². The van der Waals surface area contributed by atoms with Crippen molar-refractivity contribution in [2.45, 2.75) is 33.6 Å². The number of imide groups is 1. The molecular weight excluding hydrogens is 219 g/mol. The second-order valence-electron chi connectivity index (χ2n) is 4.21. The zero-order valence-corrected chi connectivity index (χ0v) is 12.2. The van der Waals surface area contributed by atoms with Gasteiger partial charge in [-0.3, -0.25) is 10.1 Å². The summed E-state index contributed by atoms with van der Waals surface area (Å²) in [4.78, 5) is 25.8. The van der Waals surface area contributed by atoms with E-state index in [1.807, 2.05) is 13.8 Å². The molecule has 0 saturated carbocycles. The normalized spacial score (nSPS) is 24.9. The number of carbonyl (C=O) groups is 2. The topological polar surface area (TPSA) is 81.6 Å². The molecule has 0 saturated heterocycles. The fourth-order valence-corrected chi connectivity index (χ4v) is 1.87. The molecule has 1 aliphatic heterocycles. The molecule has 0 spiro atoms. The van der Waals surface area contributed by atoms with Crippen LogP contribution in [-0.2, 0) is 4.79 Å². The average Bonchev–Trinajstić information content (AvgIpc) is 2.11. The molecule has 1 unspecified atom stereocenters. The number of hydrogen-bond acceptors (Lipinski definition) is 3. The van der Waals surface area contributed by atoms with Gasteiger partial charge in [-0.2, -0.15) is 0 Å². The smallest absolute Gasteiger partial charge is 0.861 e. The van der Waals surface area contributed by atoms with Crippen LogP contribution < -0.4 is 40.0 Å². The van der Waals surface area contributed by atoms with Crippen molar-refractivity contribution in [2.75, 3.05) is 0 Å². The van der Waals surface area contributed by atoms with Crippen molar-refractivity contribution in [1.29, 1.82) is 0 Å². The average molecular weight is 234 g/mol. The Labute approximate surface area is 117 Å². The molecule has 3 amide bonds. The summed E-state index contributed by atoms with van der Waals surface area (Å²) in [6.07, 6.45) is 0.789. The van der Waals surface area contributed by atoms with E-state index in [9.17, 15) is 14.7 Å². The van der Waals surface area contributed by atoms with Crippen molar-refractivity contribution >= 4 is 17.8 Å². The van der Waals surface area contributed by atoms with Gasteiger partial charge >= 0.3 is 35.6 Å². The number of nitrogens with one attached hydrogen (secondary N) is 1. The molecule has 5 nitrogen and oxygen atoms in total. The largest absolute Gasteiger partial charge is 1.00 e. The van der Waals surface area contributed by atoms with Gasteiger partial charge in [0.25, 0.3) is 0 Å². The number of urea groups is 1. The van der Waals surface area contributed by atoms with E-state index in [0.29, 0.717) is 12.8 Å². The SMILES string of the molecule is CCC1(CC(C)C)C(=O)NC(=O)N=C1[O-].[Na+]. The van der Waals surface area contributed by atoms with Gasteiger partial charge in [0.05, 0.1) is 5.41 Å². The molecule has 0 fully saturated rings. The minimum atomic E-state index is -1.14. The van der Waals surface area contributed by atoms with Crippen LogP contribution in [0.15, 0.2) is 4.99 Å². The molecule has 0 aromatic heterocycles. The number of hydrogen-bond donors (Lipinski definition) is 1. The van der Waals surface area contributed by atoms with Crippen LogP contribution in [0.1, 0.15) is 33.6 Å². The molecular formula is C10H15N2NaO3. The first-order valence-corrected chi connectivity index (χ1v) is 5.04. The number of amides is 3. The fraction of sp³-hybridized carbons (Fsp3) is 0.700. The molecule has 1 rings (SSSR count). The molecule has 1 heterocycles. The van der Waals surface area contributed by atoms with E-state index in [2.05, 4.69) is 10.3 Å². The first kappa shape index (κ1) is 15.6. The Morgan fingerprint density at radius 1 is 1.44 bits per heavy atom. The molecule has 1 N–H and O–H groups in total. The Morgan fingerprint density at radius 2 is 2.00 bits per heavy atom. The Kier molecular flexibility index (Phi) is 5.65. The maximum Gasteiger partial charge on any atom is 1.00 e. The maximum absolute atomic E-state index is 11.7. The van der Waals surface area contributed by atoms with E-state index in [4.69, 9.17) is 0 Å². The van der Waals surface area contributed by atoms with Gasteiger partial charge in [-0.05, 0) is 24.7 Å². The summed E-state index contributed by atoms with van der Waals surface area (Å²) in [6.45, 7) is 5.61. The summed E-state index contributed by atoms with van der Waals surface area (Å²) in [5, 5.41) is 13.7. The predicted octanol–water partition coefficient (Wildman–Crippen LogP) is -2.56. The van der Waals surface area contributed by atoms with Crippen LogP contribution in [0.2, 0.25) is 0 Å². The standard InChI is InChI=1S/C10H16N2O3.Na/c1-4-10(5-6(2)3)7(13)11-9(15)12-8(10)14;/h6H,4-5H2,1-3H3,(H2,11,12,13,14,15);/q;+1/p-1. The van der Waals surface area contributed by atoms with Crippen LogP contribution in [-0.4, -0.2) is 17.8 Å². The van der Waals surface area contributed by atoms with E-state index in [1.54, 1.807) is 6.92 Å². The molecule has 0 bridgehead atoms. The third-order valence-electron chi connectivity index (χ3n) is 2.63. The van der Waals surface area contributed by atoms with Gasteiger partial charge in [-0.1, -0.05) is 20.8 Å². The number of nitrogens with zero attached hydrogens (tertiary/aromatic N) is 1. The van der Waals surface area contributed by atoms with Gasteiger partial charge in [0.15, 0.2) is 0 Å². The molecule has 0 aliphatic carbocycles. The first-order chi connectivity index (χ1) is 6.92. The molecule has 84 valence electrons. The summed E-state index contributed by atoms with van der Waals surface area (Å²) in [7, 11) is 0. The second-order valence-corrected chi connectivity index (χ2v) is 4.21. The Morgan fingerprint density at radius 3 is 2.38 bits per heavy atom. The molecule has 6 heteroatoms. The van der Waals surface area contributed by atoms with Gasteiger partial charge in [0.1, 0.15) is 0 Å². The zero-order valence-electron chi connectivity index (χ0n) is 10.2. The van der Waals surface area contributed by atoms with E-state index in [-0.39, 0.29) is 35.5 Å². The number of rotatable bonds is 3. The van der Waals surface area contributed by atoms with Crippen LogP contribution in [0.25, 0.3) is 0 Å². The molecule has 0 radical (unpaired) electrons. The Balaban J connectivity index is 0.00000225. The summed E-state index contributed by atoms with van der Waals surface area (Å²) < 4.78 is 0. The van der Waals surface area contributed by atoms with Crippen LogP contribution in [0.3, 0.4) is 0 Å². The molecule has 16 heavy (non-hydrogen) atoms. The third-order valence-corrected chi connectivity index (χ3v) is 2.63. The maximum atomic E-state index is 11.7. The third kappa shape index (κ3) is 2.84. The van der Waals surface area contributed by atoms with Crippen LogP contribution >= 0.6 is 0 Å². The predicted molar refractivity (Wildman–Crippen MR) is 53.2 cm³/mol. The van der Waals surface area contributed by atoms with Crippen molar-refractivity contribution in [1.82, 2.24) is 5.32 Å². The van der Waals surface area contributed by atoms with Gasteiger partial charge < -0.3 is 5.11 Å². The van der Waals surface area contributed by atoms with Gasteiger partial charge in [0.2, 0.25) is 5.91 Å². The zero-order chi connectivity index (χ0) is 11.6. The van der Waals surface area contributed by atoms with E-state index in [0.717, 1.165) is 0 Å². The summed E-state index contributed by atoms with van der Waals surface area (Å²) in [5.74, 6) is -0.917. The summed E-state index contributed by atoms with van der Waals surface area (Å²) in [5.41, 5.74) is -1.14. The fourth-order valence-electron chi connectivity index (χ4n) is 1.87. The number of aliphatic imine (C=N–C) groups is 1. The van der Waals surface area contributed by atoms with E-state index in [1.165, 1.54) is 0 Å². The van der Waals surface area contributed by atoms with Gasteiger partial charge in [0, 0.05) is 0 Å². The van der Waals surface area contributed by atoms with Gasteiger partial charge in [-0.25, -0.2) is 9.79 Å². The van der Waals surface area contributed by atoms with E-state index < -0.39 is 23.3 Å². The molecule has 1 aliphatic rings. The van der Waals surface area contributed by atoms with Gasteiger partial charge in [-0.15, -0.1) is 0 Å². The van der Waals surface area contributed by atoms with E-state index >= 15 is 0 Å². The monoisotopic (exact) mass is 234 g/mol. The second kappa shape index (κ2) is 5.80. The van der Waals surface area contributed by atoms with Crippen molar-refractivity contribution in [3.63, 3.8) is 0 Å². The minimum absolute atomic E-state index is 0. The molecule has 1 atom stereocenters. The number of carbonyl (C=O) groups excluding carboxylic acids is 2. The van der Waals surface area contributed by atoms with Crippen molar-refractivity contribution in [2.24, 2.45) is 16.3 Å². The Bertz CT molecular complexity index is 328. The van der Waals surface area contributed by atoms with Crippen molar-refractivity contribution < 1.29 is 44.3 Å². The van der Waals surface area contributed by atoms with Crippen LogP contribution in [0, 0.1) is 11.3 Å².